The summed E-state index contributed by atoms with van der Waals surface area (Å²) in [6.07, 6.45) is 2.78. The SMILES string of the molecule is CCc1cccc2c1oc1c(-c3ccccn3)cccc12. The first-order valence-corrected chi connectivity index (χ1v) is 7.23. The van der Waals surface area contributed by atoms with Crippen LogP contribution in [0.5, 0.6) is 0 Å². The standard InChI is InChI=1S/C19H15NO/c1-2-13-7-5-8-14-15-9-6-10-16(19(15)21-18(13)14)17-11-3-4-12-20-17/h3-12H,2H2,1H3. The van der Waals surface area contributed by atoms with E-state index in [2.05, 4.69) is 48.3 Å². The quantitative estimate of drug-likeness (QED) is 0.501. The van der Waals surface area contributed by atoms with Crippen LogP contribution in [0.3, 0.4) is 0 Å². The van der Waals surface area contributed by atoms with Gasteiger partial charge in [-0.3, -0.25) is 4.98 Å². The third-order valence-corrected chi connectivity index (χ3v) is 3.93. The predicted octanol–water partition coefficient (Wildman–Crippen LogP) is 5.21. The molecule has 0 atom stereocenters. The van der Waals surface area contributed by atoms with Gasteiger partial charge in [-0.1, -0.05) is 43.3 Å². The molecule has 0 amide bonds. The van der Waals surface area contributed by atoms with E-state index < -0.39 is 0 Å². The largest absolute Gasteiger partial charge is 0.455 e. The second kappa shape index (κ2) is 4.74. The van der Waals surface area contributed by atoms with Gasteiger partial charge in [-0.25, -0.2) is 0 Å². The first kappa shape index (κ1) is 12.2. The van der Waals surface area contributed by atoms with Crippen LogP contribution in [0.2, 0.25) is 0 Å². The fourth-order valence-corrected chi connectivity index (χ4v) is 2.88. The summed E-state index contributed by atoms with van der Waals surface area (Å²) in [5, 5.41) is 2.34. The molecule has 0 radical (unpaired) electrons. The van der Waals surface area contributed by atoms with Gasteiger partial charge in [-0.2, -0.15) is 0 Å². The summed E-state index contributed by atoms with van der Waals surface area (Å²) >= 11 is 0. The molecule has 2 heterocycles. The van der Waals surface area contributed by atoms with Gasteiger partial charge < -0.3 is 4.42 Å². The number of benzene rings is 2. The molecular formula is C19H15NO. The van der Waals surface area contributed by atoms with Crippen LogP contribution in [0.4, 0.5) is 0 Å². The minimum atomic E-state index is 0.923. The molecule has 2 aromatic carbocycles. The zero-order chi connectivity index (χ0) is 14.2. The first-order chi connectivity index (χ1) is 10.4. The van der Waals surface area contributed by atoms with Crippen LogP contribution in [-0.4, -0.2) is 4.98 Å². The molecule has 102 valence electrons. The molecule has 2 aromatic heterocycles. The Morgan fingerprint density at radius 1 is 0.857 bits per heavy atom. The lowest BCUT2D eigenvalue weighted by molar-refractivity contribution is 0.664. The zero-order valence-corrected chi connectivity index (χ0v) is 11.8. The number of aromatic nitrogens is 1. The normalized spacial score (nSPS) is 11.3. The van der Waals surface area contributed by atoms with Crippen molar-refractivity contribution in [3.05, 3.63) is 66.4 Å². The van der Waals surface area contributed by atoms with E-state index in [4.69, 9.17) is 4.42 Å². The lowest BCUT2D eigenvalue weighted by Gasteiger charge is -2.00. The average Bonchev–Trinajstić information content (AvgIpc) is 2.94. The Morgan fingerprint density at radius 2 is 1.67 bits per heavy atom. The second-order valence-electron chi connectivity index (χ2n) is 5.15. The van der Waals surface area contributed by atoms with E-state index in [0.717, 1.165) is 34.2 Å². The van der Waals surface area contributed by atoms with E-state index in [1.165, 1.54) is 10.9 Å². The summed E-state index contributed by atoms with van der Waals surface area (Å²) in [6, 6.07) is 18.6. The van der Waals surface area contributed by atoms with Crippen molar-refractivity contribution < 1.29 is 4.42 Å². The van der Waals surface area contributed by atoms with Gasteiger partial charge in [0.2, 0.25) is 0 Å². The van der Waals surface area contributed by atoms with Gasteiger partial charge in [0.1, 0.15) is 11.2 Å². The van der Waals surface area contributed by atoms with Crippen LogP contribution < -0.4 is 0 Å². The molecule has 0 aliphatic heterocycles. The van der Waals surface area contributed by atoms with Crippen LogP contribution in [0, 0.1) is 0 Å². The number of pyridine rings is 1. The fourth-order valence-electron chi connectivity index (χ4n) is 2.88. The maximum atomic E-state index is 6.22. The summed E-state index contributed by atoms with van der Waals surface area (Å²) in [6.45, 7) is 2.15. The van der Waals surface area contributed by atoms with Crippen LogP contribution in [0.15, 0.2) is 65.2 Å². The van der Waals surface area contributed by atoms with Gasteiger partial charge in [0, 0.05) is 22.5 Å². The molecule has 0 aliphatic rings. The lowest BCUT2D eigenvalue weighted by Crippen LogP contribution is -1.81. The number of fused-ring (bicyclic) bond motifs is 3. The summed E-state index contributed by atoms with van der Waals surface area (Å²) in [5.41, 5.74) is 5.16. The second-order valence-corrected chi connectivity index (χ2v) is 5.15. The van der Waals surface area contributed by atoms with Crippen LogP contribution in [0.1, 0.15) is 12.5 Å². The predicted molar refractivity (Wildman–Crippen MR) is 86.3 cm³/mol. The van der Waals surface area contributed by atoms with Gasteiger partial charge in [0.25, 0.3) is 0 Å². The highest BCUT2D eigenvalue weighted by atomic mass is 16.3. The van der Waals surface area contributed by atoms with Crippen molar-refractivity contribution in [3.8, 4) is 11.3 Å². The Balaban J connectivity index is 2.11. The van der Waals surface area contributed by atoms with Crippen LogP contribution >= 0.6 is 0 Å². The van der Waals surface area contributed by atoms with Gasteiger partial charge in [0.05, 0.1) is 5.69 Å². The fraction of sp³-hybridized carbons (Fsp3) is 0.105. The van der Waals surface area contributed by atoms with Crippen molar-refractivity contribution in [2.24, 2.45) is 0 Å². The number of aryl methyl sites for hydroxylation is 1. The number of rotatable bonds is 2. The van der Waals surface area contributed by atoms with Gasteiger partial charge in [-0.05, 0) is 30.2 Å². The molecule has 0 N–H and O–H groups in total. The minimum absolute atomic E-state index is 0.923. The maximum Gasteiger partial charge on any atom is 0.144 e. The van der Waals surface area contributed by atoms with E-state index in [9.17, 15) is 0 Å². The van der Waals surface area contributed by atoms with E-state index in [1.54, 1.807) is 0 Å². The Hall–Kier alpha value is -2.61. The summed E-state index contributed by atoms with van der Waals surface area (Å²) in [7, 11) is 0. The molecule has 21 heavy (non-hydrogen) atoms. The monoisotopic (exact) mass is 273 g/mol. The summed E-state index contributed by atoms with van der Waals surface area (Å²) in [5.74, 6) is 0. The molecule has 4 rings (SSSR count). The Labute approximate surface area is 123 Å². The Kier molecular flexibility index (Phi) is 2.74. The smallest absolute Gasteiger partial charge is 0.144 e. The maximum absolute atomic E-state index is 6.22. The summed E-state index contributed by atoms with van der Waals surface area (Å²) in [4.78, 5) is 4.45. The van der Waals surface area contributed by atoms with E-state index >= 15 is 0 Å². The summed E-state index contributed by atoms with van der Waals surface area (Å²) < 4.78 is 6.22. The van der Waals surface area contributed by atoms with Gasteiger partial charge in [-0.15, -0.1) is 0 Å². The van der Waals surface area contributed by atoms with E-state index in [0.29, 0.717) is 0 Å². The molecule has 2 heteroatoms. The molecular weight excluding hydrogens is 258 g/mol. The molecule has 0 saturated heterocycles. The molecule has 0 aliphatic carbocycles. The Morgan fingerprint density at radius 3 is 2.43 bits per heavy atom. The zero-order valence-electron chi connectivity index (χ0n) is 11.8. The van der Waals surface area contributed by atoms with Crippen LogP contribution in [0.25, 0.3) is 33.2 Å². The van der Waals surface area contributed by atoms with Crippen molar-refractivity contribution in [3.63, 3.8) is 0 Å². The number of para-hydroxylation sites is 2. The van der Waals surface area contributed by atoms with Crippen molar-refractivity contribution >= 4 is 21.9 Å². The molecule has 0 fully saturated rings. The number of furan rings is 1. The lowest BCUT2D eigenvalue weighted by atomic mass is 10.0. The molecule has 2 nitrogen and oxygen atoms in total. The topological polar surface area (TPSA) is 26.0 Å². The van der Waals surface area contributed by atoms with Crippen molar-refractivity contribution in [2.75, 3.05) is 0 Å². The molecule has 0 spiro atoms. The molecule has 0 bridgehead atoms. The number of hydrogen-bond acceptors (Lipinski definition) is 2. The number of hydrogen-bond donors (Lipinski definition) is 0. The minimum Gasteiger partial charge on any atom is -0.455 e. The molecule has 0 saturated carbocycles. The van der Waals surface area contributed by atoms with E-state index in [-0.39, 0.29) is 0 Å². The van der Waals surface area contributed by atoms with Crippen molar-refractivity contribution in [2.45, 2.75) is 13.3 Å². The third kappa shape index (κ3) is 1.83. The van der Waals surface area contributed by atoms with Gasteiger partial charge in [0.15, 0.2) is 0 Å². The highest BCUT2D eigenvalue weighted by Crippen LogP contribution is 2.36. The van der Waals surface area contributed by atoms with Crippen molar-refractivity contribution in [1.82, 2.24) is 4.98 Å². The third-order valence-electron chi connectivity index (χ3n) is 3.93. The average molecular weight is 273 g/mol. The molecule has 4 aromatic rings. The highest BCUT2D eigenvalue weighted by Gasteiger charge is 2.13. The highest BCUT2D eigenvalue weighted by molar-refractivity contribution is 6.10. The van der Waals surface area contributed by atoms with E-state index in [1.807, 2.05) is 24.4 Å². The Bertz CT molecular complexity index is 922. The molecule has 0 unspecified atom stereocenters. The van der Waals surface area contributed by atoms with Crippen molar-refractivity contribution in [1.29, 1.82) is 0 Å². The van der Waals surface area contributed by atoms with Gasteiger partial charge >= 0.3 is 0 Å². The first-order valence-electron chi connectivity index (χ1n) is 7.23. The number of nitrogens with zero attached hydrogens (tertiary/aromatic N) is 1. The van der Waals surface area contributed by atoms with Crippen LogP contribution in [-0.2, 0) is 6.42 Å².